The van der Waals surface area contributed by atoms with Gasteiger partial charge in [-0.1, -0.05) is 30.3 Å². The van der Waals surface area contributed by atoms with E-state index >= 15 is 0 Å². The molecule has 120 valence electrons. The summed E-state index contributed by atoms with van der Waals surface area (Å²) in [5, 5.41) is 1.19. The summed E-state index contributed by atoms with van der Waals surface area (Å²) in [6.45, 7) is 1.32. The fraction of sp³-hybridized carbons (Fsp3) is 0.150. The third-order valence-electron chi connectivity index (χ3n) is 4.48. The highest BCUT2D eigenvalue weighted by Gasteiger charge is 2.22. The number of aromatic amines is 1. The number of hydrogen-bond donors (Lipinski definition) is 1. The quantitative estimate of drug-likeness (QED) is 0.714. The van der Waals surface area contributed by atoms with E-state index in [2.05, 4.69) is 17.1 Å². The summed E-state index contributed by atoms with van der Waals surface area (Å²) in [6, 6.07) is 14.3. The van der Waals surface area contributed by atoms with Crippen molar-refractivity contribution in [1.29, 1.82) is 0 Å². The van der Waals surface area contributed by atoms with Gasteiger partial charge in [-0.3, -0.25) is 4.79 Å². The van der Waals surface area contributed by atoms with Crippen LogP contribution in [0.3, 0.4) is 0 Å². The van der Waals surface area contributed by atoms with Gasteiger partial charge in [0.15, 0.2) is 0 Å². The zero-order chi connectivity index (χ0) is 16.5. The van der Waals surface area contributed by atoms with Crippen molar-refractivity contribution < 1.29 is 9.18 Å². The number of nitrogens with one attached hydrogen (secondary N) is 1. The van der Waals surface area contributed by atoms with E-state index in [1.54, 1.807) is 24.3 Å². The van der Waals surface area contributed by atoms with Gasteiger partial charge in [-0.2, -0.15) is 0 Å². The largest absolute Gasteiger partial charge is 0.358 e. The Kier molecular flexibility index (Phi) is 3.65. The molecule has 0 radical (unpaired) electrons. The van der Waals surface area contributed by atoms with E-state index in [-0.39, 0.29) is 11.7 Å². The number of para-hydroxylation sites is 1. The van der Waals surface area contributed by atoms with E-state index in [1.165, 1.54) is 28.8 Å². The average molecular weight is 320 g/mol. The van der Waals surface area contributed by atoms with E-state index in [4.69, 9.17) is 0 Å². The minimum absolute atomic E-state index is 0.0183. The molecule has 0 fully saturated rings. The Labute approximate surface area is 139 Å². The van der Waals surface area contributed by atoms with Crippen molar-refractivity contribution in [2.45, 2.75) is 13.0 Å². The Morgan fingerprint density at radius 3 is 2.75 bits per heavy atom. The van der Waals surface area contributed by atoms with Crippen LogP contribution in [0.2, 0.25) is 0 Å². The molecule has 4 rings (SSSR count). The van der Waals surface area contributed by atoms with Crippen LogP contribution in [0.4, 0.5) is 4.39 Å². The number of rotatable bonds is 2. The number of amides is 1. The molecule has 2 aromatic carbocycles. The molecule has 3 nitrogen and oxygen atoms in total. The third-order valence-corrected chi connectivity index (χ3v) is 4.48. The van der Waals surface area contributed by atoms with E-state index < -0.39 is 0 Å². The van der Waals surface area contributed by atoms with E-state index in [0.29, 0.717) is 13.1 Å². The monoisotopic (exact) mass is 320 g/mol. The second-order valence-electron chi connectivity index (χ2n) is 6.02. The number of carbonyl (C=O) groups excluding carboxylic acids is 1. The second kappa shape index (κ2) is 5.96. The molecule has 0 atom stereocenters. The minimum Gasteiger partial charge on any atom is -0.358 e. The summed E-state index contributed by atoms with van der Waals surface area (Å²) < 4.78 is 12.9. The van der Waals surface area contributed by atoms with Crippen molar-refractivity contribution in [3.05, 3.63) is 77.2 Å². The summed E-state index contributed by atoms with van der Waals surface area (Å²) in [4.78, 5) is 17.8. The molecule has 3 aromatic rings. The number of hydrogen-bond acceptors (Lipinski definition) is 1. The van der Waals surface area contributed by atoms with Crippen molar-refractivity contribution in [1.82, 2.24) is 9.88 Å². The molecule has 0 bridgehead atoms. The molecule has 4 heteroatoms. The summed E-state index contributed by atoms with van der Waals surface area (Å²) in [6.07, 6.45) is 4.12. The topological polar surface area (TPSA) is 36.1 Å². The molecule has 1 amide bonds. The lowest BCUT2D eigenvalue weighted by Gasteiger charge is -2.26. The molecule has 1 aliphatic rings. The Hall–Kier alpha value is -2.88. The number of fused-ring (bicyclic) bond motifs is 3. The zero-order valence-corrected chi connectivity index (χ0v) is 13.1. The highest BCUT2D eigenvalue weighted by molar-refractivity contribution is 5.93. The van der Waals surface area contributed by atoms with Gasteiger partial charge >= 0.3 is 0 Å². The Bertz CT molecular complexity index is 924. The Morgan fingerprint density at radius 2 is 1.92 bits per heavy atom. The van der Waals surface area contributed by atoms with Gasteiger partial charge in [0.1, 0.15) is 5.82 Å². The first-order valence-electron chi connectivity index (χ1n) is 8.02. The van der Waals surface area contributed by atoms with Gasteiger partial charge in [0.25, 0.3) is 0 Å². The summed E-state index contributed by atoms with van der Waals surface area (Å²) in [7, 11) is 0. The second-order valence-corrected chi connectivity index (χ2v) is 6.02. The van der Waals surface area contributed by atoms with Crippen LogP contribution in [0.25, 0.3) is 17.0 Å². The molecule has 24 heavy (non-hydrogen) atoms. The van der Waals surface area contributed by atoms with Gasteiger partial charge in [0.2, 0.25) is 5.91 Å². The van der Waals surface area contributed by atoms with Crippen molar-refractivity contribution in [3.63, 3.8) is 0 Å². The molecule has 1 aromatic heterocycles. The maximum atomic E-state index is 12.9. The predicted molar refractivity (Wildman–Crippen MR) is 92.9 cm³/mol. The van der Waals surface area contributed by atoms with E-state index in [1.807, 2.05) is 17.0 Å². The van der Waals surface area contributed by atoms with Gasteiger partial charge in [0, 0.05) is 47.7 Å². The first kappa shape index (κ1) is 14.7. The molecule has 0 saturated carbocycles. The number of aromatic nitrogens is 1. The SMILES string of the molecule is O=C(C=Cc1ccc(F)cc1)N1CCc2[nH]c3ccccc3c2C1. The maximum Gasteiger partial charge on any atom is 0.246 e. The van der Waals surface area contributed by atoms with Crippen LogP contribution >= 0.6 is 0 Å². The molecule has 1 N–H and O–H groups in total. The Balaban J connectivity index is 1.53. The average Bonchev–Trinajstić information content (AvgIpc) is 2.99. The van der Waals surface area contributed by atoms with Crippen molar-refractivity contribution >= 4 is 22.9 Å². The molecule has 0 unspecified atom stereocenters. The first-order valence-corrected chi connectivity index (χ1v) is 8.02. The first-order chi connectivity index (χ1) is 11.7. The van der Waals surface area contributed by atoms with Crippen LogP contribution in [-0.2, 0) is 17.8 Å². The number of halogens is 1. The van der Waals surface area contributed by atoms with E-state index in [9.17, 15) is 9.18 Å². The van der Waals surface area contributed by atoms with Crippen molar-refractivity contribution in [2.75, 3.05) is 6.54 Å². The van der Waals surface area contributed by atoms with Crippen LogP contribution in [0, 0.1) is 5.82 Å². The van der Waals surface area contributed by atoms with Crippen LogP contribution in [0.1, 0.15) is 16.8 Å². The highest BCUT2D eigenvalue weighted by atomic mass is 19.1. The van der Waals surface area contributed by atoms with Crippen LogP contribution < -0.4 is 0 Å². The lowest BCUT2D eigenvalue weighted by Crippen LogP contribution is -2.34. The molecule has 0 aliphatic carbocycles. The number of benzene rings is 2. The predicted octanol–water partition coefficient (Wildman–Crippen LogP) is 3.91. The van der Waals surface area contributed by atoms with Gasteiger partial charge < -0.3 is 9.88 Å². The number of carbonyl (C=O) groups is 1. The van der Waals surface area contributed by atoms with Gasteiger partial charge in [-0.15, -0.1) is 0 Å². The molecule has 2 heterocycles. The fourth-order valence-electron chi connectivity index (χ4n) is 3.20. The van der Waals surface area contributed by atoms with Gasteiger partial charge in [0.05, 0.1) is 0 Å². The van der Waals surface area contributed by atoms with E-state index in [0.717, 1.165) is 17.5 Å². The molecular formula is C20H17FN2O. The molecule has 0 spiro atoms. The molecule has 1 aliphatic heterocycles. The van der Waals surface area contributed by atoms with Crippen LogP contribution in [0.15, 0.2) is 54.6 Å². The summed E-state index contributed by atoms with van der Waals surface area (Å²) >= 11 is 0. The standard InChI is InChI=1S/C20H17FN2O/c21-15-8-5-14(6-9-15)7-10-20(24)23-12-11-19-17(13-23)16-3-1-2-4-18(16)22-19/h1-10,22H,11-13H2. The smallest absolute Gasteiger partial charge is 0.246 e. The lowest BCUT2D eigenvalue weighted by molar-refractivity contribution is -0.126. The minimum atomic E-state index is -0.277. The van der Waals surface area contributed by atoms with Crippen molar-refractivity contribution in [2.24, 2.45) is 0 Å². The molecular weight excluding hydrogens is 303 g/mol. The third kappa shape index (κ3) is 2.71. The zero-order valence-electron chi connectivity index (χ0n) is 13.1. The van der Waals surface area contributed by atoms with Gasteiger partial charge in [-0.05, 0) is 29.8 Å². The molecule has 0 saturated heterocycles. The maximum absolute atomic E-state index is 12.9. The van der Waals surface area contributed by atoms with Crippen LogP contribution in [0.5, 0.6) is 0 Å². The van der Waals surface area contributed by atoms with Crippen LogP contribution in [-0.4, -0.2) is 22.3 Å². The summed E-state index contributed by atoms with van der Waals surface area (Å²) in [5.74, 6) is -0.295. The lowest BCUT2D eigenvalue weighted by atomic mass is 10.0. The normalized spacial score (nSPS) is 14.3. The summed E-state index contributed by atoms with van der Waals surface area (Å²) in [5.41, 5.74) is 4.37. The van der Waals surface area contributed by atoms with Crippen molar-refractivity contribution in [3.8, 4) is 0 Å². The van der Waals surface area contributed by atoms with Gasteiger partial charge in [-0.25, -0.2) is 4.39 Å². The number of H-pyrrole nitrogens is 1. The Morgan fingerprint density at radius 1 is 1.12 bits per heavy atom. The highest BCUT2D eigenvalue weighted by Crippen LogP contribution is 2.27. The number of nitrogens with zero attached hydrogens (tertiary/aromatic N) is 1. The fourth-order valence-corrected chi connectivity index (χ4v) is 3.20.